The zero-order chi connectivity index (χ0) is 18.9. The molecule has 0 aromatic heterocycles. The Hall–Kier alpha value is -1.93. The van der Waals surface area contributed by atoms with Gasteiger partial charge in [0, 0.05) is 44.3 Å². The fraction of sp³-hybridized carbons (Fsp3) is 0.611. The number of halogens is 2. The maximum Gasteiger partial charge on any atom is 0.387 e. The molecule has 0 radical (unpaired) electrons. The van der Waals surface area contributed by atoms with Gasteiger partial charge in [0.1, 0.15) is 5.75 Å². The summed E-state index contributed by atoms with van der Waals surface area (Å²) in [7, 11) is 4.25. The number of benzene rings is 1. The van der Waals surface area contributed by atoms with E-state index in [1.807, 2.05) is 6.92 Å². The molecule has 0 aliphatic carbocycles. The monoisotopic (exact) mass is 369 g/mol. The van der Waals surface area contributed by atoms with E-state index >= 15 is 0 Å². The van der Waals surface area contributed by atoms with E-state index in [2.05, 4.69) is 44.3 Å². The van der Waals surface area contributed by atoms with Gasteiger partial charge in [-0.2, -0.15) is 8.78 Å². The SMILES string of the molecule is CCNC(=NCc1ccccc1OC(F)F)NCC1CN(C)CCN1C. The van der Waals surface area contributed by atoms with Crippen molar-refractivity contribution in [2.75, 3.05) is 46.8 Å². The quantitative estimate of drug-likeness (QED) is 0.565. The first kappa shape index (κ1) is 20.4. The average Bonchev–Trinajstić information content (AvgIpc) is 2.60. The minimum absolute atomic E-state index is 0.163. The second-order valence-corrected chi connectivity index (χ2v) is 6.46. The Bertz CT molecular complexity index is 584. The molecule has 1 aromatic rings. The van der Waals surface area contributed by atoms with Gasteiger partial charge in [-0.15, -0.1) is 0 Å². The Morgan fingerprint density at radius 1 is 1.27 bits per heavy atom. The van der Waals surface area contributed by atoms with Gasteiger partial charge in [-0.3, -0.25) is 4.90 Å². The van der Waals surface area contributed by atoms with Gasteiger partial charge in [0.15, 0.2) is 5.96 Å². The second kappa shape index (κ2) is 10.3. The van der Waals surface area contributed by atoms with E-state index in [-0.39, 0.29) is 12.3 Å². The number of hydrogen-bond acceptors (Lipinski definition) is 4. The maximum absolute atomic E-state index is 12.5. The van der Waals surface area contributed by atoms with Crippen LogP contribution in [-0.2, 0) is 6.54 Å². The number of alkyl halides is 2. The topological polar surface area (TPSA) is 52.1 Å². The summed E-state index contributed by atoms with van der Waals surface area (Å²) in [5.74, 6) is 0.830. The fourth-order valence-corrected chi connectivity index (χ4v) is 2.89. The number of para-hydroxylation sites is 1. The highest BCUT2D eigenvalue weighted by molar-refractivity contribution is 5.79. The third kappa shape index (κ3) is 6.42. The molecule has 1 unspecified atom stereocenters. The largest absolute Gasteiger partial charge is 0.434 e. The molecule has 8 heteroatoms. The highest BCUT2D eigenvalue weighted by Gasteiger charge is 2.22. The van der Waals surface area contributed by atoms with Crippen molar-refractivity contribution in [3.63, 3.8) is 0 Å². The molecule has 2 rings (SSSR count). The van der Waals surface area contributed by atoms with Gasteiger partial charge >= 0.3 is 6.61 Å². The summed E-state index contributed by atoms with van der Waals surface area (Å²) in [5.41, 5.74) is 0.625. The number of hydrogen-bond donors (Lipinski definition) is 2. The first-order valence-electron chi connectivity index (χ1n) is 8.93. The molecule has 1 saturated heterocycles. The third-order valence-corrected chi connectivity index (χ3v) is 4.43. The predicted octanol–water partition coefficient (Wildman–Crippen LogP) is 1.59. The van der Waals surface area contributed by atoms with E-state index in [1.54, 1.807) is 18.2 Å². The second-order valence-electron chi connectivity index (χ2n) is 6.46. The highest BCUT2D eigenvalue weighted by Crippen LogP contribution is 2.20. The van der Waals surface area contributed by atoms with Crippen LogP contribution in [0.4, 0.5) is 8.78 Å². The lowest BCUT2D eigenvalue weighted by molar-refractivity contribution is -0.0504. The van der Waals surface area contributed by atoms with Gasteiger partial charge < -0.3 is 20.3 Å². The van der Waals surface area contributed by atoms with Crippen LogP contribution in [0.2, 0.25) is 0 Å². The molecule has 6 nitrogen and oxygen atoms in total. The summed E-state index contributed by atoms with van der Waals surface area (Å²) in [6.45, 7) is 4.00. The van der Waals surface area contributed by atoms with E-state index in [0.717, 1.165) is 32.7 Å². The summed E-state index contributed by atoms with van der Waals surface area (Å²) in [4.78, 5) is 9.17. The number of likely N-dealkylation sites (N-methyl/N-ethyl adjacent to an activating group) is 2. The van der Waals surface area contributed by atoms with Crippen molar-refractivity contribution in [3.8, 4) is 5.75 Å². The molecule has 1 aliphatic heterocycles. The summed E-state index contributed by atoms with van der Waals surface area (Å²) >= 11 is 0. The molecule has 26 heavy (non-hydrogen) atoms. The minimum Gasteiger partial charge on any atom is -0.434 e. The summed E-state index contributed by atoms with van der Waals surface area (Å²) in [5, 5.41) is 6.55. The summed E-state index contributed by atoms with van der Waals surface area (Å²) in [6.07, 6.45) is 0. The van der Waals surface area contributed by atoms with Crippen molar-refractivity contribution in [1.82, 2.24) is 20.4 Å². The molecule has 1 aliphatic rings. The number of aliphatic imine (C=N–C) groups is 1. The van der Waals surface area contributed by atoms with Crippen molar-refractivity contribution in [2.24, 2.45) is 4.99 Å². The molecular formula is C18H29F2N5O. The van der Waals surface area contributed by atoms with E-state index < -0.39 is 6.61 Å². The highest BCUT2D eigenvalue weighted by atomic mass is 19.3. The Morgan fingerprint density at radius 2 is 2.04 bits per heavy atom. The fourth-order valence-electron chi connectivity index (χ4n) is 2.89. The third-order valence-electron chi connectivity index (χ3n) is 4.43. The van der Waals surface area contributed by atoms with Crippen LogP contribution < -0.4 is 15.4 Å². The molecule has 0 amide bonds. The molecule has 0 spiro atoms. The Kier molecular flexibility index (Phi) is 8.06. The Labute approximate surface area is 154 Å². The molecular weight excluding hydrogens is 340 g/mol. The number of ether oxygens (including phenoxy) is 1. The zero-order valence-corrected chi connectivity index (χ0v) is 15.7. The van der Waals surface area contributed by atoms with Crippen LogP contribution >= 0.6 is 0 Å². The van der Waals surface area contributed by atoms with E-state index in [1.165, 1.54) is 6.07 Å². The van der Waals surface area contributed by atoms with Crippen LogP contribution in [0.15, 0.2) is 29.3 Å². The van der Waals surface area contributed by atoms with Gasteiger partial charge in [-0.25, -0.2) is 4.99 Å². The molecule has 1 atom stereocenters. The Morgan fingerprint density at radius 3 is 2.77 bits per heavy atom. The lowest BCUT2D eigenvalue weighted by Crippen LogP contribution is -2.55. The average molecular weight is 369 g/mol. The van der Waals surface area contributed by atoms with E-state index in [4.69, 9.17) is 0 Å². The van der Waals surface area contributed by atoms with Gasteiger partial charge in [0.05, 0.1) is 6.54 Å². The maximum atomic E-state index is 12.5. The zero-order valence-electron chi connectivity index (χ0n) is 15.7. The molecule has 2 N–H and O–H groups in total. The summed E-state index contributed by atoms with van der Waals surface area (Å²) < 4.78 is 29.6. The van der Waals surface area contributed by atoms with Crippen molar-refractivity contribution >= 4 is 5.96 Å². The van der Waals surface area contributed by atoms with Crippen LogP contribution in [0.3, 0.4) is 0 Å². The molecule has 146 valence electrons. The summed E-state index contributed by atoms with van der Waals surface area (Å²) in [6, 6.07) is 7.13. The normalized spacial score (nSPS) is 19.6. The lowest BCUT2D eigenvalue weighted by Gasteiger charge is -2.37. The van der Waals surface area contributed by atoms with Crippen LogP contribution in [-0.4, -0.2) is 75.2 Å². The van der Waals surface area contributed by atoms with Gasteiger partial charge in [-0.1, -0.05) is 18.2 Å². The molecule has 1 heterocycles. The van der Waals surface area contributed by atoms with E-state index in [0.29, 0.717) is 17.6 Å². The Balaban J connectivity index is 1.98. The molecule has 0 bridgehead atoms. The van der Waals surface area contributed by atoms with Crippen molar-refractivity contribution in [2.45, 2.75) is 26.1 Å². The molecule has 1 aromatic carbocycles. The van der Waals surface area contributed by atoms with Crippen LogP contribution in [0.1, 0.15) is 12.5 Å². The number of nitrogens with one attached hydrogen (secondary N) is 2. The first-order chi connectivity index (χ1) is 12.5. The number of nitrogens with zero attached hydrogens (tertiary/aromatic N) is 3. The number of piperazine rings is 1. The standard InChI is InChI=1S/C18H29F2N5O/c1-4-21-18(23-12-15-13-24(2)9-10-25(15)3)22-11-14-7-5-6-8-16(14)26-17(19)20/h5-8,15,17H,4,9-13H2,1-3H3,(H2,21,22,23). The van der Waals surface area contributed by atoms with Gasteiger partial charge in [-0.05, 0) is 27.1 Å². The van der Waals surface area contributed by atoms with Crippen molar-refractivity contribution < 1.29 is 13.5 Å². The van der Waals surface area contributed by atoms with Crippen LogP contribution in [0, 0.1) is 0 Å². The lowest BCUT2D eigenvalue weighted by atomic mass is 10.2. The first-order valence-corrected chi connectivity index (χ1v) is 8.93. The van der Waals surface area contributed by atoms with Crippen molar-refractivity contribution in [1.29, 1.82) is 0 Å². The number of rotatable bonds is 7. The van der Waals surface area contributed by atoms with Crippen molar-refractivity contribution in [3.05, 3.63) is 29.8 Å². The molecule has 0 saturated carbocycles. The predicted molar refractivity (Wildman–Crippen MR) is 99.8 cm³/mol. The smallest absolute Gasteiger partial charge is 0.387 e. The number of guanidine groups is 1. The van der Waals surface area contributed by atoms with Crippen LogP contribution in [0.25, 0.3) is 0 Å². The van der Waals surface area contributed by atoms with Gasteiger partial charge in [0.2, 0.25) is 0 Å². The van der Waals surface area contributed by atoms with Gasteiger partial charge in [0.25, 0.3) is 0 Å². The van der Waals surface area contributed by atoms with E-state index in [9.17, 15) is 8.78 Å². The minimum atomic E-state index is -2.84. The molecule has 1 fully saturated rings. The van der Waals surface area contributed by atoms with Crippen LogP contribution in [0.5, 0.6) is 5.75 Å².